The zero-order valence-electron chi connectivity index (χ0n) is 10.1. The summed E-state index contributed by atoms with van der Waals surface area (Å²) in [5, 5.41) is 12.1. The monoisotopic (exact) mass is 345 g/mol. The molecule has 0 spiro atoms. The average Bonchev–Trinajstić information content (AvgIpc) is 2.25. The van der Waals surface area contributed by atoms with Gasteiger partial charge in [-0.3, -0.25) is 9.59 Å². The van der Waals surface area contributed by atoms with Crippen LogP contribution in [-0.4, -0.2) is 22.5 Å². The first-order valence-corrected chi connectivity index (χ1v) is 7.08. The number of aliphatic carboxylic acids is 1. The zero-order valence-corrected chi connectivity index (χ0v) is 12.4. The second-order valence-electron chi connectivity index (χ2n) is 4.78. The van der Waals surface area contributed by atoms with Crippen molar-refractivity contribution in [2.75, 3.05) is 0 Å². The van der Waals surface area contributed by atoms with E-state index >= 15 is 0 Å². The van der Waals surface area contributed by atoms with Crippen LogP contribution in [0.2, 0.25) is 5.02 Å². The average molecular weight is 347 g/mol. The fourth-order valence-corrected chi connectivity index (χ4v) is 2.98. The topological polar surface area (TPSA) is 66.4 Å². The van der Waals surface area contributed by atoms with Crippen LogP contribution in [0.5, 0.6) is 0 Å². The van der Waals surface area contributed by atoms with Gasteiger partial charge in [0.25, 0.3) is 5.91 Å². The van der Waals surface area contributed by atoms with Gasteiger partial charge < -0.3 is 10.4 Å². The van der Waals surface area contributed by atoms with E-state index in [4.69, 9.17) is 16.7 Å². The van der Waals surface area contributed by atoms with Crippen molar-refractivity contribution in [2.24, 2.45) is 0 Å². The Morgan fingerprint density at radius 3 is 2.58 bits per heavy atom. The van der Waals surface area contributed by atoms with Gasteiger partial charge in [-0.05, 0) is 37.5 Å². The van der Waals surface area contributed by atoms with E-state index in [1.165, 1.54) is 0 Å². The first kappa shape index (κ1) is 14.3. The smallest absolute Gasteiger partial charge is 0.305 e. The number of benzene rings is 1. The molecule has 102 valence electrons. The highest BCUT2D eigenvalue weighted by Crippen LogP contribution is 2.35. The summed E-state index contributed by atoms with van der Waals surface area (Å²) in [6, 6.07) is 4.99. The van der Waals surface area contributed by atoms with Crippen molar-refractivity contribution in [3.8, 4) is 0 Å². The van der Waals surface area contributed by atoms with Crippen molar-refractivity contribution < 1.29 is 14.7 Å². The summed E-state index contributed by atoms with van der Waals surface area (Å²) < 4.78 is 0.790. The van der Waals surface area contributed by atoms with Crippen molar-refractivity contribution in [1.82, 2.24) is 5.32 Å². The van der Waals surface area contributed by atoms with E-state index in [2.05, 4.69) is 21.2 Å². The van der Waals surface area contributed by atoms with Crippen molar-refractivity contribution in [1.29, 1.82) is 0 Å². The lowest BCUT2D eigenvalue weighted by Crippen LogP contribution is -2.54. The Labute approximate surface area is 124 Å². The van der Waals surface area contributed by atoms with E-state index in [-0.39, 0.29) is 12.3 Å². The summed E-state index contributed by atoms with van der Waals surface area (Å²) >= 11 is 9.28. The van der Waals surface area contributed by atoms with Gasteiger partial charge in [-0.2, -0.15) is 0 Å². The maximum atomic E-state index is 12.2. The highest BCUT2D eigenvalue weighted by molar-refractivity contribution is 9.10. The van der Waals surface area contributed by atoms with E-state index in [0.717, 1.165) is 10.9 Å². The molecule has 2 N–H and O–H groups in total. The Kier molecular flexibility index (Phi) is 4.16. The Morgan fingerprint density at radius 1 is 1.42 bits per heavy atom. The molecule has 0 atom stereocenters. The third-order valence-corrected chi connectivity index (χ3v) is 4.16. The highest BCUT2D eigenvalue weighted by Gasteiger charge is 2.40. The standard InChI is InChI=1S/C13H13BrClNO3/c14-8-2-3-9(10(15)6-8)12(19)16-13(4-1-5-13)7-11(17)18/h2-3,6H,1,4-5,7H2,(H,16,19)(H,17,18). The molecular formula is C13H13BrClNO3. The van der Waals surface area contributed by atoms with E-state index in [1.807, 2.05) is 0 Å². The summed E-state index contributed by atoms with van der Waals surface area (Å²) in [5.41, 5.74) is -0.249. The molecule has 1 aromatic rings. The molecule has 4 nitrogen and oxygen atoms in total. The van der Waals surface area contributed by atoms with Crippen LogP contribution in [0.3, 0.4) is 0 Å². The molecule has 0 saturated heterocycles. The van der Waals surface area contributed by atoms with Crippen LogP contribution < -0.4 is 5.32 Å². The van der Waals surface area contributed by atoms with Gasteiger partial charge in [-0.25, -0.2) is 0 Å². The molecule has 1 aliphatic carbocycles. The number of hydrogen-bond donors (Lipinski definition) is 2. The lowest BCUT2D eigenvalue weighted by Gasteiger charge is -2.41. The predicted octanol–water partition coefficient (Wildman–Crippen LogP) is 3.23. The van der Waals surface area contributed by atoms with E-state index in [1.54, 1.807) is 18.2 Å². The number of nitrogens with one attached hydrogen (secondary N) is 1. The third-order valence-electron chi connectivity index (χ3n) is 3.35. The van der Waals surface area contributed by atoms with Crippen molar-refractivity contribution in [3.05, 3.63) is 33.3 Å². The number of carbonyl (C=O) groups excluding carboxylic acids is 1. The lowest BCUT2D eigenvalue weighted by atomic mass is 9.74. The Balaban J connectivity index is 2.13. The van der Waals surface area contributed by atoms with E-state index < -0.39 is 11.5 Å². The van der Waals surface area contributed by atoms with Crippen LogP contribution in [-0.2, 0) is 4.79 Å². The Morgan fingerprint density at radius 2 is 2.11 bits per heavy atom. The molecule has 1 aromatic carbocycles. The maximum Gasteiger partial charge on any atom is 0.305 e. The molecule has 0 aliphatic heterocycles. The molecule has 1 aliphatic rings. The van der Waals surface area contributed by atoms with Gasteiger partial charge in [0.2, 0.25) is 0 Å². The number of hydrogen-bond acceptors (Lipinski definition) is 2. The third kappa shape index (κ3) is 3.28. The van der Waals surface area contributed by atoms with Crippen molar-refractivity contribution in [3.63, 3.8) is 0 Å². The van der Waals surface area contributed by atoms with Gasteiger partial charge in [-0.1, -0.05) is 27.5 Å². The number of carboxylic acid groups (broad SMARTS) is 1. The molecule has 1 amide bonds. The fraction of sp³-hybridized carbons (Fsp3) is 0.385. The Hall–Kier alpha value is -1.07. The van der Waals surface area contributed by atoms with Crippen LogP contribution >= 0.6 is 27.5 Å². The van der Waals surface area contributed by atoms with Crippen LogP contribution in [0.1, 0.15) is 36.0 Å². The quantitative estimate of drug-likeness (QED) is 0.879. The molecule has 1 fully saturated rings. The first-order chi connectivity index (χ1) is 8.92. The number of rotatable bonds is 4. The number of amides is 1. The second-order valence-corrected chi connectivity index (χ2v) is 6.11. The first-order valence-electron chi connectivity index (χ1n) is 5.91. The molecule has 0 unspecified atom stereocenters. The minimum atomic E-state index is -0.901. The minimum absolute atomic E-state index is 0.0487. The number of carboxylic acids is 1. The van der Waals surface area contributed by atoms with Gasteiger partial charge in [-0.15, -0.1) is 0 Å². The predicted molar refractivity (Wildman–Crippen MR) is 75.5 cm³/mol. The second kappa shape index (κ2) is 5.51. The van der Waals surface area contributed by atoms with Gasteiger partial charge in [0, 0.05) is 4.47 Å². The van der Waals surface area contributed by atoms with E-state index in [9.17, 15) is 9.59 Å². The SMILES string of the molecule is O=C(O)CC1(NC(=O)c2ccc(Br)cc2Cl)CCC1. The largest absolute Gasteiger partial charge is 0.481 e. The summed E-state index contributed by atoms with van der Waals surface area (Å²) in [5.74, 6) is -1.22. The van der Waals surface area contributed by atoms with Gasteiger partial charge in [0.05, 0.1) is 22.5 Å². The van der Waals surface area contributed by atoms with E-state index in [0.29, 0.717) is 23.4 Å². The number of halogens is 2. The maximum absolute atomic E-state index is 12.2. The summed E-state index contributed by atoms with van der Waals surface area (Å²) in [6.45, 7) is 0. The van der Waals surface area contributed by atoms with Gasteiger partial charge in [0.1, 0.15) is 0 Å². The minimum Gasteiger partial charge on any atom is -0.481 e. The number of carbonyl (C=O) groups is 2. The summed E-state index contributed by atoms with van der Waals surface area (Å²) in [4.78, 5) is 23.0. The molecular weight excluding hydrogens is 334 g/mol. The molecule has 1 saturated carbocycles. The highest BCUT2D eigenvalue weighted by atomic mass is 79.9. The molecule has 0 heterocycles. The summed E-state index contributed by atoms with van der Waals surface area (Å²) in [6.07, 6.45) is 2.27. The fourth-order valence-electron chi connectivity index (χ4n) is 2.22. The lowest BCUT2D eigenvalue weighted by molar-refractivity contribution is -0.139. The molecule has 19 heavy (non-hydrogen) atoms. The molecule has 2 rings (SSSR count). The van der Waals surface area contributed by atoms with Gasteiger partial charge in [0.15, 0.2) is 0 Å². The zero-order chi connectivity index (χ0) is 14.0. The summed E-state index contributed by atoms with van der Waals surface area (Å²) in [7, 11) is 0. The van der Waals surface area contributed by atoms with Gasteiger partial charge >= 0.3 is 5.97 Å². The Bertz CT molecular complexity index is 529. The molecule has 0 aromatic heterocycles. The normalized spacial score (nSPS) is 16.5. The van der Waals surface area contributed by atoms with Crippen molar-refractivity contribution >= 4 is 39.4 Å². The van der Waals surface area contributed by atoms with Crippen LogP contribution in [0, 0.1) is 0 Å². The molecule has 0 bridgehead atoms. The van der Waals surface area contributed by atoms with Crippen LogP contribution in [0.4, 0.5) is 0 Å². The van der Waals surface area contributed by atoms with Crippen LogP contribution in [0.15, 0.2) is 22.7 Å². The van der Waals surface area contributed by atoms with Crippen molar-refractivity contribution in [2.45, 2.75) is 31.2 Å². The van der Waals surface area contributed by atoms with Crippen LogP contribution in [0.25, 0.3) is 0 Å². The molecule has 6 heteroatoms. The molecule has 0 radical (unpaired) electrons.